The summed E-state index contributed by atoms with van der Waals surface area (Å²) in [5.74, 6) is -0.238. The molecular formula is C16H25FN3S+. The Bertz CT molecular complexity index is 449. The van der Waals surface area contributed by atoms with E-state index in [-0.39, 0.29) is 5.82 Å². The van der Waals surface area contributed by atoms with E-state index < -0.39 is 0 Å². The standard InChI is InChI=1S/C16H24FN3S/c1-13-5-2-3-11-20(13)12-4-10-18-16(21)19-15-8-6-14(17)7-9-15/h6-9,13H,2-5,10-12H2,1H3,(H2,18,19,21)/p+1/t13-/m0/s1. The molecule has 21 heavy (non-hydrogen) atoms. The number of nitrogens with one attached hydrogen (secondary N) is 3. The molecule has 0 aliphatic carbocycles. The Labute approximate surface area is 131 Å². The smallest absolute Gasteiger partial charge is 0.170 e. The van der Waals surface area contributed by atoms with Gasteiger partial charge < -0.3 is 15.5 Å². The molecule has 116 valence electrons. The fourth-order valence-corrected chi connectivity index (χ4v) is 3.07. The first-order chi connectivity index (χ1) is 10.1. The van der Waals surface area contributed by atoms with Crippen molar-refractivity contribution in [2.75, 3.05) is 25.0 Å². The van der Waals surface area contributed by atoms with Crippen LogP contribution in [0.15, 0.2) is 24.3 Å². The molecule has 3 N–H and O–H groups in total. The van der Waals surface area contributed by atoms with Gasteiger partial charge in [0.15, 0.2) is 5.11 Å². The Morgan fingerprint density at radius 3 is 2.81 bits per heavy atom. The average molecular weight is 310 g/mol. The van der Waals surface area contributed by atoms with Gasteiger partial charge in [-0.3, -0.25) is 0 Å². The molecule has 0 aromatic heterocycles. The van der Waals surface area contributed by atoms with E-state index in [1.54, 1.807) is 17.0 Å². The fourth-order valence-electron chi connectivity index (χ4n) is 2.85. The van der Waals surface area contributed by atoms with Crippen LogP contribution in [0.3, 0.4) is 0 Å². The first kappa shape index (κ1) is 16.2. The summed E-state index contributed by atoms with van der Waals surface area (Å²) >= 11 is 5.24. The van der Waals surface area contributed by atoms with E-state index >= 15 is 0 Å². The molecule has 0 spiro atoms. The molecule has 1 aromatic rings. The number of hydrogen-bond acceptors (Lipinski definition) is 1. The molecule has 1 heterocycles. The summed E-state index contributed by atoms with van der Waals surface area (Å²) < 4.78 is 12.8. The molecule has 0 saturated carbocycles. The zero-order valence-corrected chi connectivity index (χ0v) is 13.4. The first-order valence-electron chi connectivity index (χ1n) is 7.80. The van der Waals surface area contributed by atoms with Gasteiger partial charge in [0.1, 0.15) is 5.82 Å². The molecule has 1 saturated heterocycles. The third kappa shape index (κ3) is 5.59. The molecule has 1 aliphatic heterocycles. The molecule has 3 nitrogen and oxygen atoms in total. The summed E-state index contributed by atoms with van der Waals surface area (Å²) in [5.41, 5.74) is 0.809. The number of hydrogen-bond donors (Lipinski definition) is 3. The molecular weight excluding hydrogens is 285 g/mol. The van der Waals surface area contributed by atoms with Gasteiger partial charge in [-0.05, 0) is 62.7 Å². The summed E-state index contributed by atoms with van der Waals surface area (Å²) in [6.45, 7) is 5.73. The lowest BCUT2D eigenvalue weighted by molar-refractivity contribution is -0.928. The maximum atomic E-state index is 12.8. The first-order valence-corrected chi connectivity index (χ1v) is 8.21. The molecule has 1 fully saturated rings. The highest BCUT2D eigenvalue weighted by Gasteiger charge is 2.20. The second-order valence-electron chi connectivity index (χ2n) is 5.80. The van der Waals surface area contributed by atoms with Crippen molar-refractivity contribution in [2.24, 2.45) is 0 Å². The molecule has 5 heteroatoms. The second kappa shape index (κ2) is 8.29. The zero-order chi connectivity index (χ0) is 15.1. The lowest BCUT2D eigenvalue weighted by Crippen LogP contribution is -3.16. The Morgan fingerprint density at radius 2 is 2.10 bits per heavy atom. The number of anilines is 1. The van der Waals surface area contributed by atoms with Crippen LogP contribution in [-0.4, -0.2) is 30.8 Å². The molecule has 0 radical (unpaired) electrons. The highest BCUT2D eigenvalue weighted by molar-refractivity contribution is 7.80. The largest absolute Gasteiger partial charge is 0.362 e. The van der Waals surface area contributed by atoms with Crippen molar-refractivity contribution >= 4 is 23.0 Å². The van der Waals surface area contributed by atoms with Crippen molar-refractivity contribution in [2.45, 2.75) is 38.6 Å². The van der Waals surface area contributed by atoms with Crippen LogP contribution in [0.1, 0.15) is 32.6 Å². The molecule has 1 unspecified atom stereocenters. The zero-order valence-electron chi connectivity index (χ0n) is 12.6. The van der Waals surface area contributed by atoms with Crippen molar-refractivity contribution in [1.29, 1.82) is 0 Å². The lowest BCUT2D eigenvalue weighted by Gasteiger charge is -2.30. The number of rotatable bonds is 5. The quantitative estimate of drug-likeness (QED) is 0.573. The van der Waals surface area contributed by atoms with Gasteiger partial charge in [-0.15, -0.1) is 0 Å². The van der Waals surface area contributed by atoms with Crippen molar-refractivity contribution < 1.29 is 9.29 Å². The van der Waals surface area contributed by atoms with Gasteiger partial charge >= 0.3 is 0 Å². The lowest BCUT2D eigenvalue weighted by atomic mass is 10.0. The molecule has 1 aliphatic rings. The SMILES string of the molecule is C[C@H]1CCCC[NH+]1CCCNC(=S)Nc1ccc(F)cc1. The Hall–Kier alpha value is -1.20. The van der Waals surface area contributed by atoms with Crippen LogP contribution in [0.4, 0.5) is 10.1 Å². The van der Waals surface area contributed by atoms with Crippen LogP contribution in [0.25, 0.3) is 0 Å². The number of piperidine rings is 1. The predicted molar refractivity (Wildman–Crippen MR) is 89.3 cm³/mol. The third-order valence-electron chi connectivity index (χ3n) is 4.14. The van der Waals surface area contributed by atoms with Gasteiger partial charge in [0.05, 0.1) is 19.1 Å². The maximum Gasteiger partial charge on any atom is 0.170 e. The third-order valence-corrected chi connectivity index (χ3v) is 4.39. The summed E-state index contributed by atoms with van der Waals surface area (Å²) in [5, 5.41) is 6.88. The van der Waals surface area contributed by atoms with Crippen molar-refractivity contribution in [3.05, 3.63) is 30.1 Å². The van der Waals surface area contributed by atoms with E-state index in [0.29, 0.717) is 5.11 Å². The van der Waals surface area contributed by atoms with Crippen LogP contribution < -0.4 is 15.5 Å². The van der Waals surface area contributed by atoms with Crippen LogP contribution in [0, 0.1) is 5.82 Å². The van der Waals surface area contributed by atoms with Crippen LogP contribution in [-0.2, 0) is 0 Å². The fraction of sp³-hybridized carbons (Fsp3) is 0.562. The number of quaternary nitrogens is 1. The van der Waals surface area contributed by atoms with Gasteiger partial charge in [-0.2, -0.15) is 0 Å². The summed E-state index contributed by atoms with van der Waals surface area (Å²) in [7, 11) is 0. The summed E-state index contributed by atoms with van der Waals surface area (Å²) in [6.07, 6.45) is 5.21. The summed E-state index contributed by atoms with van der Waals surface area (Å²) in [6, 6.07) is 7.01. The average Bonchev–Trinajstić information content (AvgIpc) is 2.48. The van der Waals surface area contributed by atoms with E-state index in [2.05, 4.69) is 17.6 Å². The van der Waals surface area contributed by atoms with Crippen LogP contribution >= 0.6 is 12.2 Å². The highest BCUT2D eigenvalue weighted by atomic mass is 32.1. The molecule has 0 amide bonds. The predicted octanol–water partition coefficient (Wildman–Crippen LogP) is 1.96. The van der Waals surface area contributed by atoms with E-state index in [1.807, 2.05) is 0 Å². The number of halogens is 1. The van der Waals surface area contributed by atoms with Gasteiger partial charge in [-0.25, -0.2) is 4.39 Å². The topological polar surface area (TPSA) is 28.5 Å². The maximum absolute atomic E-state index is 12.8. The van der Waals surface area contributed by atoms with Crippen LogP contribution in [0.5, 0.6) is 0 Å². The summed E-state index contributed by atoms with van der Waals surface area (Å²) in [4.78, 5) is 1.72. The molecule has 1 aromatic carbocycles. The van der Waals surface area contributed by atoms with Crippen molar-refractivity contribution in [1.82, 2.24) is 5.32 Å². The highest BCUT2D eigenvalue weighted by Crippen LogP contribution is 2.07. The van der Waals surface area contributed by atoms with E-state index in [4.69, 9.17) is 12.2 Å². The second-order valence-corrected chi connectivity index (χ2v) is 6.20. The minimum Gasteiger partial charge on any atom is -0.362 e. The normalized spacial score (nSPS) is 21.8. The van der Waals surface area contributed by atoms with Gasteiger partial charge in [0.2, 0.25) is 0 Å². The van der Waals surface area contributed by atoms with Crippen LogP contribution in [0.2, 0.25) is 0 Å². The monoisotopic (exact) mass is 310 g/mol. The van der Waals surface area contributed by atoms with Gasteiger partial charge in [-0.1, -0.05) is 0 Å². The molecule has 0 bridgehead atoms. The number of benzene rings is 1. The molecule has 2 rings (SSSR count). The Morgan fingerprint density at radius 1 is 1.33 bits per heavy atom. The molecule has 2 atom stereocenters. The Balaban J connectivity index is 1.61. The van der Waals surface area contributed by atoms with E-state index in [0.717, 1.165) is 24.7 Å². The number of likely N-dealkylation sites (tertiary alicyclic amines) is 1. The minimum absolute atomic E-state index is 0.238. The van der Waals surface area contributed by atoms with E-state index in [1.165, 1.54) is 44.5 Å². The van der Waals surface area contributed by atoms with Gasteiger partial charge in [0, 0.05) is 18.7 Å². The minimum atomic E-state index is -0.238. The Kier molecular flexibility index (Phi) is 6.39. The number of thiocarbonyl (C=S) groups is 1. The van der Waals surface area contributed by atoms with Crippen molar-refractivity contribution in [3.63, 3.8) is 0 Å². The van der Waals surface area contributed by atoms with Gasteiger partial charge in [0.25, 0.3) is 0 Å². The van der Waals surface area contributed by atoms with Crippen molar-refractivity contribution in [3.8, 4) is 0 Å². The van der Waals surface area contributed by atoms with E-state index in [9.17, 15) is 4.39 Å².